The van der Waals surface area contributed by atoms with Crippen molar-refractivity contribution in [1.82, 2.24) is 0 Å². The molecule has 0 aromatic heterocycles. The minimum absolute atomic E-state index is 0. The van der Waals surface area contributed by atoms with E-state index >= 15 is 0 Å². The van der Waals surface area contributed by atoms with Gasteiger partial charge in [-0.1, -0.05) is 32.0 Å². The van der Waals surface area contributed by atoms with Gasteiger partial charge in [-0.3, -0.25) is 0 Å². The van der Waals surface area contributed by atoms with Gasteiger partial charge in [-0.2, -0.15) is 0 Å². The summed E-state index contributed by atoms with van der Waals surface area (Å²) in [5, 5.41) is 9.84. The molecule has 0 aliphatic carbocycles. The Bertz CT molecular complexity index is 306. The Balaban J connectivity index is 0.00000196. The predicted molar refractivity (Wildman–Crippen MR) is 74.2 cm³/mol. The molecule has 15 heavy (non-hydrogen) atoms. The molecule has 0 bridgehead atoms. The maximum atomic E-state index is 9.84. The molecule has 0 heterocycles. The average Bonchev–Trinajstić information content (AvgIpc) is 2.16. The molecule has 1 aromatic rings. The van der Waals surface area contributed by atoms with Gasteiger partial charge in [0.1, 0.15) is 0 Å². The maximum Gasteiger partial charge on any atom is 0.0755 e. The monoisotopic (exact) mass is 341 g/mol. The molecule has 0 aliphatic heterocycles. The molecule has 1 aromatic carbocycles. The lowest BCUT2D eigenvalue weighted by Gasteiger charge is -2.23. The van der Waals surface area contributed by atoms with E-state index in [1.807, 2.05) is 38.1 Å². The van der Waals surface area contributed by atoms with Crippen LogP contribution in [0.1, 0.15) is 25.5 Å². The fourth-order valence-corrected chi connectivity index (χ4v) is 2.09. The van der Waals surface area contributed by atoms with Crippen LogP contribution in [0.4, 0.5) is 0 Å². The smallest absolute Gasteiger partial charge is 0.0755 e. The number of hydrogen-bond donors (Lipinski definition) is 2. The molecule has 0 amide bonds. The quantitative estimate of drug-likeness (QED) is 0.831. The summed E-state index contributed by atoms with van der Waals surface area (Å²) in [7, 11) is 0. The van der Waals surface area contributed by atoms with Crippen LogP contribution in [0.2, 0.25) is 0 Å². The first-order valence-corrected chi connectivity index (χ1v) is 5.80. The first-order valence-electron chi connectivity index (χ1n) is 4.72. The maximum absolute atomic E-state index is 9.84. The molecular formula is C11H17ClINO. The second-order valence-corrected chi connectivity index (χ2v) is 4.94. The predicted octanol–water partition coefficient (Wildman–Crippen LogP) is 2.73. The second kappa shape index (κ2) is 6.68. The lowest BCUT2D eigenvalue weighted by molar-refractivity contribution is 0.0977. The number of hydrogen-bond acceptors (Lipinski definition) is 2. The van der Waals surface area contributed by atoms with E-state index in [0.717, 1.165) is 9.13 Å². The van der Waals surface area contributed by atoms with Crippen LogP contribution in [0, 0.1) is 9.49 Å². The highest BCUT2D eigenvalue weighted by Crippen LogP contribution is 2.23. The molecule has 2 atom stereocenters. The zero-order valence-electron chi connectivity index (χ0n) is 8.85. The Morgan fingerprint density at radius 3 is 2.27 bits per heavy atom. The summed E-state index contributed by atoms with van der Waals surface area (Å²) in [5.41, 5.74) is 7.01. The summed E-state index contributed by atoms with van der Waals surface area (Å²) in [4.78, 5) is 0. The van der Waals surface area contributed by atoms with Crippen LogP contribution < -0.4 is 5.73 Å². The molecule has 0 unspecified atom stereocenters. The molecular weight excluding hydrogens is 324 g/mol. The minimum atomic E-state index is -0.481. The molecule has 3 N–H and O–H groups in total. The zero-order chi connectivity index (χ0) is 10.7. The number of halogens is 2. The zero-order valence-corrected chi connectivity index (χ0v) is 11.8. The van der Waals surface area contributed by atoms with Crippen LogP contribution in [-0.2, 0) is 0 Å². The topological polar surface area (TPSA) is 46.2 Å². The summed E-state index contributed by atoms with van der Waals surface area (Å²) in [6, 6.07) is 7.61. The summed E-state index contributed by atoms with van der Waals surface area (Å²) in [6.45, 7) is 3.95. The van der Waals surface area contributed by atoms with E-state index in [1.165, 1.54) is 0 Å². The number of aliphatic hydroxyl groups excluding tert-OH is 1. The molecule has 0 saturated heterocycles. The fraction of sp³-hybridized carbons (Fsp3) is 0.455. The molecule has 86 valence electrons. The van der Waals surface area contributed by atoms with Gasteiger partial charge in [-0.25, -0.2) is 0 Å². The van der Waals surface area contributed by atoms with E-state index in [4.69, 9.17) is 5.73 Å². The van der Waals surface area contributed by atoms with Crippen LogP contribution in [0.15, 0.2) is 24.3 Å². The third-order valence-corrected chi connectivity index (χ3v) is 3.30. The van der Waals surface area contributed by atoms with E-state index in [0.29, 0.717) is 0 Å². The van der Waals surface area contributed by atoms with Crippen LogP contribution in [-0.4, -0.2) is 11.2 Å². The first kappa shape index (κ1) is 15.2. The van der Waals surface area contributed by atoms with Gasteiger partial charge in [-0.15, -0.1) is 12.4 Å². The normalized spacial score (nSPS) is 14.5. The molecule has 2 nitrogen and oxygen atoms in total. The fourth-order valence-electron chi connectivity index (χ4n) is 1.34. The molecule has 1 rings (SSSR count). The van der Waals surface area contributed by atoms with E-state index in [2.05, 4.69) is 22.6 Å². The molecule has 0 fully saturated rings. The van der Waals surface area contributed by atoms with Gasteiger partial charge in [0.05, 0.1) is 12.1 Å². The van der Waals surface area contributed by atoms with E-state index < -0.39 is 6.10 Å². The van der Waals surface area contributed by atoms with Crippen LogP contribution in [0.25, 0.3) is 0 Å². The highest BCUT2D eigenvalue weighted by atomic mass is 127. The van der Waals surface area contributed by atoms with Crippen molar-refractivity contribution in [1.29, 1.82) is 0 Å². The molecule has 4 heteroatoms. The molecule has 0 saturated carbocycles. The highest BCUT2D eigenvalue weighted by Gasteiger charge is 2.21. The van der Waals surface area contributed by atoms with Gasteiger partial charge in [0.25, 0.3) is 0 Å². The number of rotatable bonds is 3. The van der Waals surface area contributed by atoms with Crippen molar-refractivity contribution < 1.29 is 5.11 Å². The average molecular weight is 342 g/mol. The summed E-state index contributed by atoms with van der Waals surface area (Å²) in [5.74, 6) is 0.181. The van der Waals surface area contributed by atoms with Crippen molar-refractivity contribution in [2.24, 2.45) is 11.7 Å². The Hall–Kier alpha value is 0.160. The van der Waals surface area contributed by atoms with Gasteiger partial charge >= 0.3 is 0 Å². The van der Waals surface area contributed by atoms with Crippen molar-refractivity contribution >= 4 is 35.0 Å². The molecule has 0 spiro atoms. The van der Waals surface area contributed by atoms with Crippen LogP contribution in [0.3, 0.4) is 0 Å². The van der Waals surface area contributed by atoms with Gasteiger partial charge in [0, 0.05) is 3.57 Å². The minimum Gasteiger partial charge on any atom is -0.391 e. The standard InChI is InChI=1S/C11H16INO.ClH/c1-7(2)11(14)10(13)8-5-3-4-6-9(8)12;/h3-7,10-11,14H,13H2,1-2H3;1H/t10-,11+;/m1./s1. The Morgan fingerprint density at radius 1 is 1.27 bits per heavy atom. The summed E-state index contributed by atoms with van der Waals surface area (Å²) >= 11 is 2.24. The van der Waals surface area contributed by atoms with Crippen LogP contribution >= 0.6 is 35.0 Å². The highest BCUT2D eigenvalue weighted by molar-refractivity contribution is 14.1. The van der Waals surface area contributed by atoms with Crippen molar-refractivity contribution in [2.75, 3.05) is 0 Å². The summed E-state index contributed by atoms with van der Waals surface area (Å²) in [6.07, 6.45) is -0.481. The van der Waals surface area contributed by atoms with Crippen molar-refractivity contribution in [3.8, 4) is 0 Å². The number of benzene rings is 1. The van der Waals surface area contributed by atoms with E-state index in [-0.39, 0.29) is 24.4 Å². The van der Waals surface area contributed by atoms with Gasteiger partial charge in [-0.05, 0) is 40.1 Å². The van der Waals surface area contributed by atoms with E-state index in [1.54, 1.807) is 0 Å². The third kappa shape index (κ3) is 3.90. The van der Waals surface area contributed by atoms with Gasteiger partial charge in [0.2, 0.25) is 0 Å². The number of nitrogens with two attached hydrogens (primary N) is 1. The van der Waals surface area contributed by atoms with Crippen LogP contribution in [0.5, 0.6) is 0 Å². The van der Waals surface area contributed by atoms with Crippen molar-refractivity contribution in [3.05, 3.63) is 33.4 Å². The SMILES string of the molecule is CC(C)[C@H](O)[C@H](N)c1ccccc1I.Cl. The summed E-state index contributed by atoms with van der Waals surface area (Å²) < 4.78 is 1.11. The molecule has 0 aliphatic rings. The molecule has 0 radical (unpaired) electrons. The Morgan fingerprint density at radius 2 is 1.80 bits per heavy atom. The lowest BCUT2D eigenvalue weighted by atomic mass is 9.95. The number of aliphatic hydroxyl groups is 1. The lowest BCUT2D eigenvalue weighted by Crippen LogP contribution is -2.31. The van der Waals surface area contributed by atoms with E-state index in [9.17, 15) is 5.11 Å². The van der Waals surface area contributed by atoms with Gasteiger partial charge < -0.3 is 10.8 Å². The van der Waals surface area contributed by atoms with Crippen molar-refractivity contribution in [3.63, 3.8) is 0 Å². The van der Waals surface area contributed by atoms with Gasteiger partial charge in [0.15, 0.2) is 0 Å². The second-order valence-electron chi connectivity index (χ2n) is 3.78. The largest absolute Gasteiger partial charge is 0.391 e. The Labute approximate surface area is 111 Å². The third-order valence-electron chi connectivity index (χ3n) is 2.32. The van der Waals surface area contributed by atoms with Crippen molar-refractivity contribution in [2.45, 2.75) is 26.0 Å². The first-order chi connectivity index (χ1) is 6.54. The Kier molecular flexibility index (Phi) is 6.75.